The molecule has 2 rings (SSSR count). The van der Waals surface area contributed by atoms with Crippen molar-refractivity contribution < 1.29 is 14.0 Å². The Balaban J connectivity index is 1.95. The van der Waals surface area contributed by atoms with Gasteiger partial charge in [-0.2, -0.15) is 4.98 Å². The second-order valence-electron chi connectivity index (χ2n) is 4.96. The van der Waals surface area contributed by atoms with Crippen LogP contribution in [0.3, 0.4) is 0 Å². The maximum absolute atomic E-state index is 5.56. The Morgan fingerprint density at radius 1 is 1.37 bits per heavy atom. The Kier molecular flexibility index (Phi) is 5.30. The van der Waals surface area contributed by atoms with E-state index in [4.69, 9.17) is 14.0 Å². The van der Waals surface area contributed by atoms with Crippen LogP contribution < -0.4 is 5.32 Å². The van der Waals surface area contributed by atoms with Crippen molar-refractivity contribution in [2.24, 2.45) is 0 Å². The Morgan fingerprint density at radius 3 is 2.89 bits per heavy atom. The van der Waals surface area contributed by atoms with Gasteiger partial charge < -0.3 is 19.3 Å². The first-order valence-corrected chi connectivity index (χ1v) is 6.98. The van der Waals surface area contributed by atoms with Crippen molar-refractivity contribution in [3.05, 3.63) is 11.7 Å². The van der Waals surface area contributed by atoms with E-state index in [9.17, 15) is 0 Å². The van der Waals surface area contributed by atoms with E-state index in [2.05, 4.69) is 36.2 Å². The lowest BCUT2D eigenvalue weighted by Gasteiger charge is -2.20. The smallest absolute Gasteiger partial charge is 0.231 e. The topological polar surface area (TPSA) is 69.4 Å². The van der Waals surface area contributed by atoms with Crippen LogP contribution in [0.1, 0.15) is 50.9 Å². The molecule has 3 atom stereocenters. The third-order valence-corrected chi connectivity index (χ3v) is 3.42. The van der Waals surface area contributed by atoms with Gasteiger partial charge in [-0.25, -0.2) is 0 Å². The predicted molar refractivity (Wildman–Crippen MR) is 70.0 cm³/mol. The van der Waals surface area contributed by atoms with Gasteiger partial charge in [-0.05, 0) is 19.9 Å². The van der Waals surface area contributed by atoms with Gasteiger partial charge in [0, 0.05) is 6.04 Å². The van der Waals surface area contributed by atoms with Crippen LogP contribution >= 0.6 is 0 Å². The molecule has 0 saturated carbocycles. The summed E-state index contributed by atoms with van der Waals surface area (Å²) in [6, 6.07) is 0.303. The minimum Gasteiger partial charge on any atom is -0.376 e. The molecule has 0 spiro atoms. The molecular formula is C13H23N3O3. The molecule has 0 amide bonds. The van der Waals surface area contributed by atoms with Crippen LogP contribution in [0.15, 0.2) is 4.52 Å². The molecule has 19 heavy (non-hydrogen) atoms. The fourth-order valence-electron chi connectivity index (χ4n) is 1.96. The zero-order chi connectivity index (χ0) is 13.7. The lowest BCUT2D eigenvalue weighted by Crippen LogP contribution is -2.31. The van der Waals surface area contributed by atoms with E-state index in [1.165, 1.54) is 0 Å². The maximum atomic E-state index is 5.56. The molecule has 1 aliphatic rings. The highest BCUT2D eigenvalue weighted by molar-refractivity contribution is 4.99. The minimum atomic E-state index is -0.197. The van der Waals surface area contributed by atoms with E-state index in [0.29, 0.717) is 37.6 Å². The minimum absolute atomic E-state index is 0.178. The Hall–Kier alpha value is -0.980. The highest BCUT2D eigenvalue weighted by atomic mass is 16.6. The van der Waals surface area contributed by atoms with Gasteiger partial charge in [-0.15, -0.1) is 0 Å². The number of hydrogen-bond acceptors (Lipinski definition) is 6. The van der Waals surface area contributed by atoms with Gasteiger partial charge in [0.15, 0.2) is 0 Å². The quantitative estimate of drug-likeness (QED) is 0.847. The van der Waals surface area contributed by atoms with Crippen molar-refractivity contribution in [3.63, 3.8) is 0 Å². The largest absolute Gasteiger partial charge is 0.376 e. The molecule has 1 fully saturated rings. The monoisotopic (exact) mass is 269 g/mol. The van der Waals surface area contributed by atoms with Crippen LogP contribution in [-0.2, 0) is 9.47 Å². The number of rotatable bonds is 6. The van der Waals surface area contributed by atoms with Gasteiger partial charge in [0.25, 0.3) is 0 Å². The summed E-state index contributed by atoms with van der Waals surface area (Å²) in [6.45, 7) is 9.07. The molecule has 1 aromatic heterocycles. The van der Waals surface area contributed by atoms with Crippen LogP contribution in [-0.4, -0.2) is 42.5 Å². The average molecular weight is 269 g/mol. The third-order valence-electron chi connectivity index (χ3n) is 3.42. The number of ether oxygens (including phenoxy) is 2. The summed E-state index contributed by atoms with van der Waals surface area (Å²) >= 11 is 0. The molecule has 6 nitrogen and oxygen atoms in total. The SMILES string of the molecule is CCCNC(C)C(C)c1nc(C2COCCO2)no1. The summed E-state index contributed by atoms with van der Waals surface area (Å²) in [5, 5.41) is 7.44. The highest BCUT2D eigenvalue weighted by Gasteiger charge is 2.25. The van der Waals surface area contributed by atoms with Crippen LogP contribution in [0.5, 0.6) is 0 Å². The summed E-state index contributed by atoms with van der Waals surface area (Å²) in [5.41, 5.74) is 0. The van der Waals surface area contributed by atoms with Gasteiger partial charge >= 0.3 is 0 Å². The second kappa shape index (κ2) is 6.98. The molecule has 0 radical (unpaired) electrons. The molecule has 108 valence electrons. The van der Waals surface area contributed by atoms with Crippen LogP contribution in [0.4, 0.5) is 0 Å². The third kappa shape index (κ3) is 3.75. The molecular weight excluding hydrogens is 246 g/mol. The molecule has 6 heteroatoms. The molecule has 1 N–H and O–H groups in total. The summed E-state index contributed by atoms with van der Waals surface area (Å²) in [4.78, 5) is 4.44. The number of aromatic nitrogens is 2. The van der Waals surface area contributed by atoms with Gasteiger partial charge in [-0.3, -0.25) is 0 Å². The molecule has 1 aromatic rings. The van der Waals surface area contributed by atoms with Gasteiger partial charge in [0.2, 0.25) is 11.7 Å². The molecule has 0 aromatic carbocycles. The molecule has 0 bridgehead atoms. The fraction of sp³-hybridized carbons (Fsp3) is 0.846. The lowest BCUT2D eigenvalue weighted by molar-refractivity contribution is -0.0941. The van der Waals surface area contributed by atoms with Crippen LogP contribution in [0.25, 0.3) is 0 Å². The van der Waals surface area contributed by atoms with Crippen LogP contribution in [0, 0.1) is 0 Å². The van der Waals surface area contributed by atoms with E-state index < -0.39 is 0 Å². The Bertz CT molecular complexity index is 377. The van der Waals surface area contributed by atoms with Gasteiger partial charge in [-0.1, -0.05) is 19.0 Å². The predicted octanol–water partition coefficient (Wildman–Crippen LogP) is 1.65. The standard InChI is InChI=1S/C13H23N3O3/c1-4-5-14-10(3)9(2)13-15-12(16-19-13)11-8-17-6-7-18-11/h9-11,14H,4-8H2,1-3H3. The molecule has 2 heterocycles. The molecule has 1 aliphatic heterocycles. The van der Waals surface area contributed by atoms with Crippen molar-refractivity contribution in [2.75, 3.05) is 26.4 Å². The first-order chi connectivity index (χ1) is 9.22. The number of nitrogens with zero attached hydrogens (tertiary/aromatic N) is 2. The van der Waals surface area contributed by atoms with Crippen molar-refractivity contribution >= 4 is 0 Å². The Morgan fingerprint density at radius 2 is 2.21 bits per heavy atom. The van der Waals surface area contributed by atoms with E-state index >= 15 is 0 Å². The average Bonchev–Trinajstić information content (AvgIpc) is 2.94. The Labute approximate surface area is 113 Å². The molecule has 0 aliphatic carbocycles. The van der Waals surface area contributed by atoms with Crippen molar-refractivity contribution in [1.29, 1.82) is 0 Å². The summed E-state index contributed by atoms with van der Waals surface area (Å²) in [5.74, 6) is 1.42. The van der Waals surface area contributed by atoms with E-state index in [1.807, 2.05) is 0 Å². The fourth-order valence-corrected chi connectivity index (χ4v) is 1.96. The van der Waals surface area contributed by atoms with Crippen LogP contribution in [0.2, 0.25) is 0 Å². The van der Waals surface area contributed by atoms with E-state index in [1.54, 1.807) is 0 Å². The van der Waals surface area contributed by atoms with Crippen molar-refractivity contribution in [1.82, 2.24) is 15.5 Å². The van der Waals surface area contributed by atoms with Gasteiger partial charge in [0.05, 0.1) is 25.7 Å². The van der Waals surface area contributed by atoms with E-state index in [-0.39, 0.29) is 12.0 Å². The normalized spacial score (nSPS) is 23.2. The summed E-state index contributed by atoms with van der Waals surface area (Å²) in [7, 11) is 0. The maximum Gasteiger partial charge on any atom is 0.231 e. The number of hydrogen-bond donors (Lipinski definition) is 1. The number of nitrogens with one attached hydrogen (secondary N) is 1. The van der Waals surface area contributed by atoms with Crippen molar-refractivity contribution in [2.45, 2.75) is 45.3 Å². The first kappa shape index (κ1) is 14.4. The van der Waals surface area contributed by atoms with Crippen molar-refractivity contribution in [3.8, 4) is 0 Å². The summed E-state index contributed by atoms with van der Waals surface area (Å²) in [6.07, 6.45) is 0.914. The highest BCUT2D eigenvalue weighted by Crippen LogP contribution is 2.22. The molecule has 3 unspecified atom stereocenters. The second-order valence-corrected chi connectivity index (χ2v) is 4.96. The zero-order valence-corrected chi connectivity index (χ0v) is 11.9. The lowest BCUT2D eigenvalue weighted by atomic mass is 10.0. The van der Waals surface area contributed by atoms with E-state index in [0.717, 1.165) is 13.0 Å². The summed E-state index contributed by atoms with van der Waals surface area (Å²) < 4.78 is 16.2. The van der Waals surface area contributed by atoms with Gasteiger partial charge in [0.1, 0.15) is 6.10 Å². The first-order valence-electron chi connectivity index (χ1n) is 6.98. The molecule has 1 saturated heterocycles. The zero-order valence-electron chi connectivity index (χ0n) is 11.9.